The first-order valence-corrected chi connectivity index (χ1v) is 9.59. The molecule has 0 aromatic heterocycles. The molecular weight excluding hydrogens is 415 g/mol. The van der Waals surface area contributed by atoms with Gasteiger partial charge in [0.2, 0.25) is 0 Å². The van der Waals surface area contributed by atoms with Crippen LogP contribution in [0.25, 0.3) is 0 Å². The van der Waals surface area contributed by atoms with E-state index in [1.54, 1.807) is 30.1 Å². The Kier molecular flexibility index (Phi) is 10.2. The molecule has 0 fully saturated rings. The number of hydrogen-bond acceptors (Lipinski definition) is 6. The summed E-state index contributed by atoms with van der Waals surface area (Å²) in [4.78, 5) is 4.35. The van der Waals surface area contributed by atoms with Gasteiger partial charge in [-0.2, -0.15) is 0 Å². The summed E-state index contributed by atoms with van der Waals surface area (Å²) in [6.45, 7) is 1.47. The second-order valence-corrected chi connectivity index (χ2v) is 6.31. The molecule has 0 heterocycles. The van der Waals surface area contributed by atoms with Crippen LogP contribution in [0.15, 0.2) is 40.5 Å². The Balaban J connectivity index is 0.00000127. The van der Waals surface area contributed by atoms with Crippen LogP contribution in [-0.2, 0) is 22.4 Å². The van der Waals surface area contributed by atoms with E-state index in [0.29, 0.717) is 6.54 Å². The summed E-state index contributed by atoms with van der Waals surface area (Å²) in [6.07, 6.45) is 7.09. The first-order valence-electron chi connectivity index (χ1n) is 7.20. The van der Waals surface area contributed by atoms with Crippen molar-refractivity contribution < 1.29 is 27.5 Å². The molecule has 0 amide bonds. The third-order valence-electron chi connectivity index (χ3n) is 3.40. The van der Waals surface area contributed by atoms with Crippen molar-refractivity contribution >= 4 is 34.4 Å². The SMILES string of the molecule is CSC(=S)C1=C(NCCN=Cc2ccccc2O)CCC1.[O]=[99Tc]. The summed E-state index contributed by atoms with van der Waals surface area (Å²) in [5.41, 5.74) is 3.34. The third kappa shape index (κ3) is 6.63. The van der Waals surface area contributed by atoms with Crippen LogP contribution in [0.2, 0.25) is 0 Å². The second-order valence-electron chi connectivity index (χ2n) is 4.82. The van der Waals surface area contributed by atoms with E-state index in [0.717, 1.165) is 48.0 Å². The zero-order chi connectivity index (χ0) is 17.1. The number of phenols is 1. The minimum atomic E-state index is 0.264. The molecule has 1 aromatic rings. The van der Waals surface area contributed by atoms with Crippen LogP contribution >= 0.6 is 24.0 Å². The van der Waals surface area contributed by atoms with E-state index in [2.05, 4.69) is 10.3 Å². The fraction of sp³-hybridized carbons (Fsp3) is 0.375. The molecule has 0 aliphatic heterocycles. The minimum absolute atomic E-state index is 0.264. The molecule has 7 heteroatoms. The van der Waals surface area contributed by atoms with Gasteiger partial charge in [-0.3, -0.25) is 4.99 Å². The van der Waals surface area contributed by atoms with Crippen molar-refractivity contribution in [3.05, 3.63) is 41.1 Å². The molecule has 0 saturated heterocycles. The number of nitrogens with one attached hydrogen (secondary N) is 1. The second kappa shape index (κ2) is 11.6. The van der Waals surface area contributed by atoms with Crippen molar-refractivity contribution in [3.8, 4) is 5.75 Å². The Labute approximate surface area is 157 Å². The fourth-order valence-electron chi connectivity index (χ4n) is 2.32. The van der Waals surface area contributed by atoms with Gasteiger partial charge in [-0.25, -0.2) is 0 Å². The summed E-state index contributed by atoms with van der Waals surface area (Å²) in [6, 6.07) is 7.20. The Hall–Kier alpha value is -0.881. The topological polar surface area (TPSA) is 61.7 Å². The summed E-state index contributed by atoms with van der Waals surface area (Å²) in [5.74, 6) is 0.264. The number of thioether (sulfide) groups is 1. The Morgan fingerprint density at radius 3 is 2.87 bits per heavy atom. The molecule has 1 aliphatic carbocycles. The summed E-state index contributed by atoms with van der Waals surface area (Å²) in [5, 5.41) is 13.1. The molecule has 1 aliphatic rings. The van der Waals surface area contributed by atoms with Crippen LogP contribution in [-0.4, -0.2) is 34.9 Å². The normalized spacial score (nSPS) is 13.8. The predicted octanol–water partition coefficient (Wildman–Crippen LogP) is 3.41. The standard InChI is InChI=1S/C16H20N2OS2.O.Tc/c1-21-16(20)13-6-4-7-14(13)18-10-9-17-11-12-5-2-3-8-15(12)19;;/h2-3,5,8,11,18-19H,4,6-7,9-10H2,1H3;;/i;;1+1. The van der Waals surface area contributed by atoms with Gasteiger partial charge in [-0.1, -0.05) is 24.4 Å². The van der Waals surface area contributed by atoms with Crippen LogP contribution < -0.4 is 5.32 Å². The van der Waals surface area contributed by atoms with Crippen molar-refractivity contribution in [1.82, 2.24) is 5.32 Å². The molecule has 4 nitrogen and oxygen atoms in total. The Morgan fingerprint density at radius 1 is 1.43 bits per heavy atom. The number of hydrogen-bond donors (Lipinski definition) is 2. The van der Waals surface area contributed by atoms with Gasteiger partial charge in [0.05, 0.1) is 10.7 Å². The number of para-hydroxylation sites is 1. The van der Waals surface area contributed by atoms with E-state index < -0.39 is 0 Å². The molecule has 0 atom stereocenters. The first-order chi connectivity index (χ1) is 11.2. The van der Waals surface area contributed by atoms with Crippen LogP contribution in [0.3, 0.4) is 0 Å². The third-order valence-corrected chi connectivity index (χ3v) is 4.76. The number of rotatable bonds is 6. The first kappa shape index (κ1) is 20.2. The van der Waals surface area contributed by atoms with E-state index in [1.165, 1.54) is 17.7 Å². The Bertz CT molecular complexity index is 591. The molecule has 0 bridgehead atoms. The fourth-order valence-corrected chi connectivity index (χ4v) is 3.02. The van der Waals surface area contributed by atoms with E-state index in [4.69, 9.17) is 15.7 Å². The molecule has 2 N–H and O–H groups in total. The van der Waals surface area contributed by atoms with Crippen molar-refractivity contribution in [2.75, 3.05) is 19.3 Å². The van der Waals surface area contributed by atoms with E-state index in [1.807, 2.05) is 18.4 Å². The molecule has 1 aromatic carbocycles. The van der Waals surface area contributed by atoms with Crippen LogP contribution in [0.4, 0.5) is 0 Å². The van der Waals surface area contributed by atoms with Gasteiger partial charge in [0, 0.05) is 24.0 Å². The quantitative estimate of drug-likeness (QED) is 0.408. The zero-order valence-electron chi connectivity index (χ0n) is 12.9. The van der Waals surface area contributed by atoms with Crippen molar-refractivity contribution in [2.45, 2.75) is 19.3 Å². The van der Waals surface area contributed by atoms with Gasteiger partial charge in [0.1, 0.15) is 5.75 Å². The van der Waals surface area contributed by atoms with Crippen LogP contribution in [0, 0.1) is 0 Å². The molecule has 0 radical (unpaired) electrons. The van der Waals surface area contributed by atoms with Gasteiger partial charge in [0.15, 0.2) is 0 Å². The number of phenolic OH excluding ortho intramolecular Hbond substituents is 1. The van der Waals surface area contributed by atoms with Gasteiger partial charge in [-0.15, -0.1) is 11.8 Å². The van der Waals surface area contributed by atoms with Crippen molar-refractivity contribution in [1.29, 1.82) is 0 Å². The van der Waals surface area contributed by atoms with Crippen LogP contribution in [0.1, 0.15) is 24.8 Å². The number of nitrogens with zero attached hydrogens (tertiary/aromatic N) is 1. The van der Waals surface area contributed by atoms with Gasteiger partial charge in [-0.05, 0) is 43.2 Å². The van der Waals surface area contributed by atoms with Gasteiger partial charge in [0.25, 0.3) is 0 Å². The van der Waals surface area contributed by atoms with E-state index >= 15 is 0 Å². The molecule has 0 unspecified atom stereocenters. The molecule has 125 valence electrons. The Morgan fingerprint density at radius 2 is 2.17 bits per heavy atom. The number of aliphatic imine (C=N–C) groups is 1. The summed E-state index contributed by atoms with van der Waals surface area (Å²) < 4.78 is 9.23. The average Bonchev–Trinajstić information content (AvgIpc) is 3.06. The van der Waals surface area contributed by atoms with Crippen LogP contribution in [0.5, 0.6) is 5.75 Å². The molecule has 0 saturated carbocycles. The number of thiocarbonyl (C=S) groups is 1. The molecular formula is C16H20N2O2S2Tc. The maximum atomic E-state index is 9.63. The molecule has 2 rings (SSSR count). The number of benzene rings is 1. The van der Waals surface area contributed by atoms with E-state index in [-0.39, 0.29) is 5.75 Å². The van der Waals surface area contributed by atoms with E-state index in [9.17, 15) is 5.11 Å². The number of allylic oxidation sites excluding steroid dienone is 1. The number of aromatic hydroxyl groups is 1. The van der Waals surface area contributed by atoms with Crippen molar-refractivity contribution in [3.63, 3.8) is 0 Å². The summed E-state index contributed by atoms with van der Waals surface area (Å²) in [7, 11) is 0. The zero-order valence-corrected chi connectivity index (χ0v) is 16.4. The van der Waals surface area contributed by atoms with Gasteiger partial charge >= 0.3 is 22.4 Å². The van der Waals surface area contributed by atoms with Gasteiger partial charge < -0.3 is 10.4 Å². The summed E-state index contributed by atoms with van der Waals surface area (Å²) >= 11 is 7.92. The average molecular weight is 435 g/mol. The predicted molar refractivity (Wildman–Crippen MR) is 96.2 cm³/mol. The van der Waals surface area contributed by atoms with Crippen molar-refractivity contribution in [2.24, 2.45) is 4.99 Å². The monoisotopic (exact) mass is 435 g/mol. The molecule has 23 heavy (non-hydrogen) atoms. The maximum absolute atomic E-state index is 9.63. The molecule has 0 spiro atoms.